The maximum atomic E-state index is 11.6. The number of sulfone groups is 1. The third-order valence-electron chi connectivity index (χ3n) is 4.06. The van der Waals surface area contributed by atoms with E-state index in [1.54, 1.807) is 0 Å². The summed E-state index contributed by atoms with van der Waals surface area (Å²) < 4.78 is 23.2. The third kappa shape index (κ3) is 2.99. The smallest absolute Gasteiger partial charge is 0.153 e. The zero-order valence-corrected chi connectivity index (χ0v) is 11.5. The van der Waals surface area contributed by atoms with E-state index in [9.17, 15) is 8.42 Å². The topological polar surface area (TPSA) is 66.6 Å². The normalized spacial score (nSPS) is 38.7. The Kier molecular flexibility index (Phi) is 3.77. The van der Waals surface area contributed by atoms with E-state index in [1.807, 2.05) is 7.05 Å². The van der Waals surface area contributed by atoms with Crippen molar-refractivity contribution in [2.45, 2.75) is 31.0 Å². The zero-order valence-electron chi connectivity index (χ0n) is 10.7. The number of hydrogen-bond acceptors (Lipinski definition) is 5. The minimum Gasteiger partial charge on any atom is -0.325 e. The molecule has 0 aromatic heterocycles. The van der Waals surface area contributed by atoms with E-state index in [-0.39, 0.29) is 23.6 Å². The van der Waals surface area contributed by atoms with E-state index in [1.165, 1.54) is 6.42 Å². The predicted octanol–water partition coefficient (Wildman–Crippen LogP) is -0.863. The summed E-state index contributed by atoms with van der Waals surface area (Å²) in [7, 11) is 1.22. The molecule has 2 aliphatic heterocycles. The summed E-state index contributed by atoms with van der Waals surface area (Å²) in [4.78, 5) is 4.50. The second kappa shape index (κ2) is 4.84. The fourth-order valence-electron chi connectivity index (χ4n) is 3.02. The minimum atomic E-state index is -2.92. The van der Waals surface area contributed by atoms with Crippen molar-refractivity contribution in [1.82, 2.24) is 9.80 Å². The molecular formula is C11H23N3O2S. The molecule has 100 valence electrons. The Labute approximate surface area is 104 Å². The largest absolute Gasteiger partial charge is 0.325 e. The van der Waals surface area contributed by atoms with Crippen LogP contribution in [0.3, 0.4) is 0 Å². The summed E-state index contributed by atoms with van der Waals surface area (Å²) in [5.41, 5.74) is 5.96. The summed E-state index contributed by atoms with van der Waals surface area (Å²) in [5.74, 6) is 0.370. The summed E-state index contributed by atoms with van der Waals surface area (Å²) in [6.07, 6.45) is 2.32. The molecule has 2 fully saturated rings. The van der Waals surface area contributed by atoms with Gasteiger partial charge in [0.2, 0.25) is 0 Å². The molecule has 0 saturated carbocycles. The van der Waals surface area contributed by atoms with Crippen LogP contribution in [0, 0.1) is 0 Å². The van der Waals surface area contributed by atoms with Gasteiger partial charge in [0, 0.05) is 24.7 Å². The zero-order chi connectivity index (χ0) is 12.6. The Bertz CT molecular complexity index is 371. The highest BCUT2D eigenvalue weighted by Crippen LogP contribution is 2.22. The maximum Gasteiger partial charge on any atom is 0.153 e. The summed E-state index contributed by atoms with van der Waals surface area (Å²) in [6, 6.07) is 0.215. The number of rotatable bonds is 2. The summed E-state index contributed by atoms with van der Waals surface area (Å²) in [6.45, 7) is 2.15. The van der Waals surface area contributed by atoms with Crippen LogP contribution in [0.2, 0.25) is 0 Å². The number of nitrogens with zero attached hydrogens (tertiary/aromatic N) is 2. The van der Waals surface area contributed by atoms with Crippen LogP contribution < -0.4 is 5.73 Å². The molecule has 0 spiro atoms. The molecule has 6 heteroatoms. The van der Waals surface area contributed by atoms with Crippen molar-refractivity contribution in [3.05, 3.63) is 0 Å². The number of likely N-dealkylation sites (tertiary alicyclic amines) is 1. The molecule has 2 N–H and O–H groups in total. The van der Waals surface area contributed by atoms with Crippen LogP contribution in [-0.2, 0) is 9.84 Å². The molecule has 0 amide bonds. The monoisotopic (exact) mass is 261 g/mol. The van der Waals surface area contributed by atoms with Crippen LogP contribution in [0.5, 0.6) is 0 Å². The van der Waals surface area contributed by atoms with Crippen molar-refractivity contribution in [3.8, 4) is 0 Å². The lowest BCUT2D eigenvalue weighted by atomic mass is 10.0. The highest BCUT2D eigenvalue weighted by atomic mass is 32.2. The lowest BCUT2D eigenvalue weighted by Gasteiger charge is -2.39. The first-order valence-electron chi connectivity index (χ1n) is 6.25. The molecule has 3 unspecified atom stereocenters. The fraction of sp³-hybridized carbons (Fsp3) is 1.00. The van der Waals surface area contributed by atoms with Crippen LogP contribution in [0.4, 0.5) is 0 Å². The Hall–Kier alpha value is -0.170. The molecule has 0 bridgehead atoms. The molecule has 2 aliphatic rings. The number of hydrogen-bond donors (Lipinski definition) is 1. The summed E-state index contributed by atoms with van der Waals surface area (Å²) >= 11 is 0. The Balaban J connectivity index is 2.02. The first kappa shape index (κ1) is 13.3. The molecule has 0 aliphatic carbocycles. The Morgan fingerprint density at radius 1 is 1.35 bits per heavy atom. The fourth-order valence-corrected chi connectivity index (χ4v) is 4.97. The van der Waals surface area contributed by atoms with Crippen molar-refractivity contribution >= 4 is 9.84 Å². The van der Waals surface area contributed by atoms with Gasteiger partial charge in [0.05, 0.1) is 11.5 Å². The van der Waals surface area contributed by atoms with Gasteiger partial charge in [-0.05, 0) is 33.5 Å². The van der Waals surface area contributed by atoms with Gasteiger partial charge in [0.15, 0.2) is 9.84 Å². The third-order valence-corrected chi connectivity index (χ3v) is 5.81. The highest BCUT2D eigenvalue weighted by molar-refractivity contribution is 7.91. The molecule has 0 radical (unpaired) electrons. The van der Waals surface area contributed by atoms with Gasteiger partial charge in [-0.3, -0.25) is 4.90 Å². The van der Waals surface area contributed by atoms with Crippen molar-refractivity contribution in [2.24, 2.45) is 5.73 Å². The van der Waals surface area contributed by atoms with Crippen LogP contribution in [0.15, 0.2) is 0 Å². The predicted molar refractivity (Wildman–Crippen MR) is 68.7 cm³/mol. The maximum absolute atomic E-state index is 11.6. The van der Waals surface area contributed by atoms with Gasteiger partial charge in [0.25, 0.3) is 0 Å². The van der Waals surface area contributed by atoms with Crippen LogP contribution >= 0.6 is 0 Å². The molecule has 2 saturated heterocycles. The molecule has 0 aromatic rings. The Morgan fingerprint density at radius 2 is 2.06 bits per heavy atom. The highest BCUT2D eigenvalue weighted by Gasteiger charge is 2.40. The van der Waals surface area contributed by atoms with E-state index >= 15 is 0 Å². The first-order chi connectivity index (χ1) is 7.89. The van der Waals surface area contributed by atoms with Crippen molar-refractivity contribution < 1.29 is 8.42 Å². The molecular weight excluding hydrogens is 238 g/mol. The van der Waals surface area contributed by atoms with Gasteiger partial charge in [-0.25, -0.2) is 8.42 Å². The first-order valence-corrected chi connectivity index (χ1v) is 8.07. The molecule has 2 heterocycles. The summed E-state index contributed by atoms with van der Waals surface area (Å²) in [5, 5.41) is 0. The molecule has 2 rings (SSSR count). The van der Waals surface area contributed by atoms with Gasteiger partial charge in [-0.1, -0.05) is 0 Å². The molecule has 3 atom stereocenters. The number of piperidine rings is 1. The van der Waals surface area contributed by atoms with E-state index < -0.39 is 9.84 Å². The average Bonchev–Trinajstić information content (AvgIpc) is 2.51. The lowest BCUT2D eigenvalue weighted by Crippen LogP contribution is -2.54. The second-order valence-corrected chi connectivity index (χ2v) is 7.69. The van der Waals surface area contributed by atoms with Gasteiger partial charge in [-0.15, -0.1) is 0 Å². The van der Waals surface area contributed by atoms with Gasteiger partial charge in [0.1, 0.15) is 0 Å². The number of nitrogens with two attached hydrogens (primary N) is 1. The lowest BCUT2D eigenvalue weighted by molar-refractivity contribution is 0.101. The molecule has 0 aromatic carbocycles. The van der Waals surface area contributed by atoms with Gasteiger partial charge in [-0.2, -0.15) is 0 Å². The second-order valence-electron chi connectivity index (χ2n) is 5.53. The van der Waals surface area contributed by atoms with E-state index in [0.29, 0.717) is 6.04 Å². The van der Waals surface area contributed by atoms with Crippen molar-refractivity contribution in [3.63, 3.8) is 0 Å². The van der Waals surface area contributed by atoms with Crippen molar-refractivity contribution in [1.29, 1.82) is 0 Å². The van der Waals surface area contributed by atoms with E-state index in [2.05, 4.69) is 16.8 Å². The van der Waals surface area contributed by atoms with Crippen LogP contribution in [-0.4, -0.2) is 75.0 Å². The van der Waals surface area contributed by atoms with E-state index in [4.69, 9.17) is 5.73 Å². The van der Waals surface area contributed by atoms with Gasteiger partial charge >= 0.3 is 0 Å². The van der Waals surface area contributed by atoms with Crippen molar-refractivity contribution in [2.75, 3.05) is 38.7 Å². The quantitative estimate of drug-likeness (QED) is 0.700. The standard InChI is InChI=1S/C11H23N3O2S/c1-13-5-3-4-9(6-13)14(2)11-8-17(15,16)7-10(11)12/h9-11H,3-8,12H2,1-2H3. The van der Waals surface area contributed by atoms with Crippen LogP contribution in [0.1, 0.15) is 12.8 Å². The average molecular weight is 261 g/mol. The van der Waals surface area contributed by atoms with E-state index in [0.717, 1.165) is 19.5 Å². The SMILES string of the molecule is CN1CCCC(N(C)C2CS(=O)(=O)CC2N)C1. The van der Waals surface area contributed by atoms with Crippen LogP contribution in [0.25, 0.3) is 0 Å². The Morgan fingerprint density at radius 3 is 2.59 bits per heavy atom. The minimum absolute atomic E-state index is 0.00324. The number of likely N-dealkylation sites (N-methyl/N-ethyl adjacent to an activating group) is 2. The molecule has 5 nitrogen and oxygen atoms in total. The molecule has 17 heavy (non-hydrogen) atoms. The van der Waals surface area contributed by atoms with Gasteiger partial charge < -0.3 is 10.6 Å².